The highest BCUT2D eigenvalue weighted by molar-refractivity contribution is 7.99. The van der Waals surface area contributed by atoms with Crippen LogP contribution in [-0.4, -0.2) is 56.6 Å². The Balaban J connectivity index is 0.000000153. The number of halogens is 1. The zero-order valence-corrected chi connectivity index (χ0v) is 27.4. The molecule has 0 aromatic heterocycles. The number of hydrogen-bond acceptors (Lipinski definition) is 4. The number of para-hydroxylation sites is 2. The molecule has 0 saturated carbocycles. The van der Waals surface area contributed by atoms with E-state index < -0.39 is 0 Å². The second kappa shape index (κ2) is 13.8. The van der Waals surface area contributed by atoms with Gasteiger partial charge in [0.2, 0.25) is 0 Å². The van der Waals surface area contributed by atoms with Crippen LogP contribution in [0.4, 0.5) is 11.4 Å². The number of benzene rings is 4. The van der Waals surface area contributed by atoms with Crippen molar-refractivity contribution in [2.45, 2.75) is 29.1 Å². The third-order valence-corrected chi connectivity index (χ3v) is 10.4. The second-order valence-corrected chi connectivity index (χ2v) is 13.4. The summed E-state index contributed by atoms with van der Waals surface area (Å²) in [6.07, 6.45) is 8.18. The number of fused-ring (bicyclic) bond motifs is 4. The fraction of sp³-hybridized carbons (Fsp3) is 0.282. The van der Waals surface area contributed by atoms with Gasteiger partial charge in [-0.25, -0.2) is 0 Å². The van der Waals surface area contributed by atoms with Crippen LogP contribution in [0.2, 0.25) is 0 Å². The minimum atomic E-state index is 0. The molecule has 5 heteroatoms. The van der Waals surface area contributed by atoms with Gasteiger partial charge in [-0.3, -0.25) is 0 Å². The Labute approximate surface area is 273 Å². The molecular weight excluding hydrogens is 578 g/mol. The Hall–Kier alpha value is -3.28. The minimum absolute atomic E-state index is 0. The van der Waals surface area contributed by atoms with Crippen molar-refractivity contribution in [2.24, 2.45) is 5.92 Å². The molecule has 2 fully saturated rings. The Morgan fingerprint density at radius 3 is 1.70 bits per heavy atom. The first-order valence-corrected chi connectivity index (χ1v) is 16.5. The van der Waals surface area contributed by atoms with E-state index in [2.05, 4.69) is 138 Å². The molecule has 226 valence electrons. The summed E-state index contributed by atoms with van der Waals surface area (Å²) in [7, 11) is 4.45. The first-order chi connectivity index (χ1) is 21.1. The van der Waals surface area contributed by atoms with Gasteiger partial charge in [0.05, 0.1) is 11.4 Å². The maximum absolute atomic E-state index is 2.53. The third kappa shape index (κ3) is 6.41. The summed E-state index contributed by atoms with van der Waals surface area (Å²) >= 11 is 1.89. The molecule has 0 spiro atoms. The van der Waals surface area contributed by atoms with Crippen LogP contribution in [0.25, 0.3) is 17.7 Å². The highest BCUT2D eigenvalue weighted by Crippen LogP contribution is 2.48. The van der Waals surface area contributed by atoms with E-state index in [0.29, 0.717) is 0 Å². The summed E-state index contributed by atoms with van der Waals surface area (Å²) in [5.74, 6) is 0.763. The molecule has 0 bridgehead atoms. The smallest absolute Gasteiger partial charge is 0.0552 e. The molecule has 4 aromatic rings. The lowest BCUT2D eigenvalue weighted by molar-refractivity contribution is 0.313. The lowest BCUT2D eigenvalue weighted by atomic mass is 9.86. The number of nitrogens with zero attached hydrogens (tertiary/aromatic N) is 3. The van der Waals surface area contributed by atoms with Crippen LogP contribution in [0, 0.1) is 5.92 Å². The summed E-state index contributed by atoms with van der Waals surface area (Å²) < 4.78 is 0. The molecule has 0 radical (unpaired) electrons. The van der Waals surface area contributed by atoms with Crippen molar-refractivity contribution in [3.63, 3.8) is 0 Å². The van der Waals surface area contributed by atoms with Crippen molar-refractivity contribution in [3.8, 4) is 0 Å². The Kier molecular flexibility index (Phi) is 9.63. The zero-order chi connectivity index (χ0) is 29.2. The lowest BCUT2D eigenvalue weighted by Gasteiger charge is -2.34. The van der Waals surface area contributed by atoms with Gasteiger partial charge in [-0.2, -0.15) is 0 Å². The standard InChI is InChI=1S/C21H21N.C18H20N2S.ClH/c1-22-14-12-18(13-15-22)21-19-8-4-2-6-16(19)10-11-17-7-3-5-9-20(17)21;1-19-11-10-14(12-19)13-20-15-6-2-4-8-17(15)21-18-9-5-3-7-16(18)20;/h2-11H,12-15H2,1H3;2-9,14H,10-13H2,1H3;1H. The van der Waals surface area contributed by atoms with Gasteiger partial charge >= 0.3 is 0 Å². The minimum Gasteiger partial charge on any atom is -0.339 e. The molecular formula is C39H42ClN3S. The summed E-state index contributed by atoms with van der Waals surface area (Å²) in [5, 5.41) is 0. The van der Waals surface area contributed by atoms with Gasteiger partial charge in [-0.1, -0.05) is 102 Å². The maximum atomic E-state index is 2.53. The van der Waals surface area contributed by atoms with E-state index >= 15 is 0 Å². The van der Waals surface area contributed by atoms with E-state index in [-0.39, 0.29) is 12.4 Å². The predicted octanol–water partition coefficient (Wildman–Crippen LogP) is 9.36. The lowest BCUT2D eigenvalue weighted by Crippen LogP contribution is -2.28. The van der Waals surface area contributed by atoms with Crippen LogP contribution >= 0.6 is 24.2 Å². The van der Waals surface area contributed by atoms with Crippen molar-refractivity contribution in [2.75, 3.05) is 51.7 Å². The highest BCUT2D eigenvalue weighted by Gasteiger charge is 2.28. The molecule has 1 unspecified atom stereocenters. The van der Waals surface area contributed by atoms with Crippen molar-refractivity contribution in [1.82, 2.24) is 9.80 Å². The molecule has 44 heavy (non-hydrogen) atoms. The van der Waals surface area contributed by atoms with Crippen LogP contribution in [0.1, 0.15) is 41.5 Å². The summed E-state index contributed by atoms with van der Waals surface area (Å²) in [5.41, 5.74) is 11.3. The number of anilines is 2. The molecule has 4 aromatic carbocycles. The molecule has 3 heterocycles. The van der Waals surface area contributed by atoms with Crippen molar-refractivity contribution >= 4 is 53.3 Å². The molecule has 4 aliphatic rings. The Morgan fingerprint density at radius 1 is 0.636 bits per heavy atom. The van der Waals surface area contributed by atoms with Crippen LogP contribution in [0.15, 0.2) is 112 Å². The fourth-order valence-electron chi connectivity index (χ4n) is 7.00. The van der Waals surface area contributed by atoms with Gasteiger partial charge < -0.3 is 14.7 Å². The largest absolute Gasteiger partial charge is 0.339 e. The summed E-state index contributed by atoms with van der Waals surface area (Å²) in [4.78, 5) is 10.2. The fourth-order valence-corrected chi connectivity index (χ4v) is 8.09. The van der Waals surface area contributed by atoms with Crippen molar-refractivity contribution in [3.05, 3.63) is 125 Å². The molecule has 1 aliphatic carbocycles. The summed E-state index contributed by atoms with van der Waals surface area (Å²) in [6, 6.07) is 35.2. The molecule has 0 amide bonds. The summed E-state index contributed by atoms with van der Waals surface area (Å²) in [6.45, 7) is 5.90. The number of rotatable bonds is 2. The second-order valence-electron chi connectivity index (χ2n) is 12.4. The van der Waals surface area contributed by atoms with Gasteiger partial charge in [0.15, 0.2) is 0 Å². The number of likely N-dealkylation sites (tertiary alicyclic amines) is 2. The van der Waals surface area contributed by atoms with E-state index in [1.54, 1.807) is 5.57 Å². The van der Waals surface area contributed by atoms with Gasteiger partial charge in [0.25, 0.3) is 0 Å². The molecule has 8 rings (SSSR count). The Bertz CT molecular complexity index is 1570. The zero-order valence-electron chi connectivity index (χ0n) is 25.8. The normalized spacial score (nSPS) is 19.0. The topological polar surface area (TPSA) is 9.72 Å². The van der Waals surface area contributed by atoms with E-state index in [1.165, 1.54) is 81.3 Å². The molecule has 3 nitrogen and oxygen atoms in total. The van der Waals surface area contributed by atoms with Gasteiger partial charge in [-0.15, -0.1) is 12.4 Å². The maximum Gasteiger partial charge on any atom is 0.0552 e. The van der Waals surface area contributed by atoms with E-state index in [0.717, 1.165) is 25.6 Å². The van der Waals surface area contributed by atoms with Crippen molar-refractivity contribution in [1.29, 1.82) is 0 Å². The van der Waals surface area contributed by atoms with Crippen LogP contribution in [-0.2, 0) is 0 Å². The number of hydrogen-bond donors (Lipinski definition) is 0. The van der Waals surface area contributed by atoms with E-state index in [9.17, 15) is 0 Å². The molecule has 3 aliphatic heterocycles. The van der Waals surface area contributed by atoms with Gasteiger partial charge in [0.1, 0.15) is 0 Å². The monoisotopic (exact) mass is 619 g/mol. The Morgan fingerprint density at radius 2 is 1.16 bits per heavy atom. The molecule has 0 N–H and O–H groups in total. The first kappa shape index (κ1) is 30.7. The van der Waals surface area contributed by atoms with E-state index in [4.69, 9.17) is 0 Å². The van der Waals surface area contributed by atoms with Gasteiger partial charge in [0, 0.05) is 36.0 Å². The average Bonchev–Trinajstić information content (AvgIpc) is 3.38. The quantitative estimate of drug-likeness (QED) is 0.195. The predicted molar refractivity (Wildman–Crippen MR) is 191 cm³/mol. The van der Waals surface area contributed by atoms with Crippen LogP contribution < -0.4 is 4.90 Å². The first-order valence-electron chi connectivity index (χ1n) is 15.7. The highest BCUT2D eigenvalue weighted by atomic mass is 35.5. The van der Waals surface area contributed by atoms with Gasteiger partial charge in [-0.05, 0) is 97.9 Å². The van der Waals surface area contributed by atoms with Crippen LogP contribution in [0.3, 0.4) is 0 Å². The average molecular weight is 620 g/mol. The third-order valence-electron chi connectivity index (χ3n) is 9.31. The SMILES string of the molecule is CN1CCC(=C2c3ccccc3C=Cc3ccccc32)CC1.CN1CCC(CN2c3ccccc3Sc3ccccc32)C1.Cl. The molecule has 1 atom stereocenters. The number of piperidine rings is 1. The van der Waals surface area contributed by atoms with E-state index in [1.807, 2.05) is 11.8 Å². The molecule has 2 saturated heterocycles. The van der Waals surface area contributed by atoms with Crippen molar-refractivity contribution < 1.29 is 0 Å². The van der Waals surface area contributed by atoms with Crippen LogP contribution in [0.5, 0.6) is 0 Å².